The highest BCUT2D eigenvalue weighted by Gasteiger charge is 2.35. The first-order valence-electron chi connectivity index (χ1n) is 6.64. The standard InChI is InChI=1S/C15H20N2O3.ClH/c1-15(2,3)20-14(19)11-8-9-6-4-5-7-10(9)12(17-11)13(16)18;/h4-7,11-12,17H,8H2,1-3H3,(H2,16,18);1H. The van der Waals surface area contributed by atoms with E-state index < -0.39 is 23.6 Å². The van der Waals surface area contributed by atoms with Gasteiger partial charge in [0.25, 0.3) is 0 Å². The molecule has 1 aliphatic heterocycles. The molecular formula is C15H21ClN2O3. The summed E-state index contributed by atoms with van der Waals surface area (Å²) in [4.78, 5) is 23.7. The van der Waals surface area contributed by atoms with Gasteiger partial charge in [-0.25, -0.2) is 0 Å². The van der Waals surface area contributed by atoms with Crippen LogP contribution in [0.15, 0.2) is 24.3 Å². The Labute approximate surface area is 130 Å². The van der Waals surface area contributed by atoms with Crippen LogP contribution in [-0.2, 0) is 20.7 Å². The van der Waals surface area contributed by atoms with Gasteiger partial charge in [0.1, 0.15) is 17.7 Å². The van der Waals surface area contributed by atoms with Crippen molar-refractivity contribution in [1.82, 2.24) is 5.32 Å². The molecule has 0 radical (unpaired) electrons. The Morgan fingerprint density at radius 3 is 2.48 bits per heavy atom. The normalized spacial score (nSPS) is 20.9. The van der Waals surface area contributed by atoms with Gasteiger partial charge in [-0.1, -0.05) is 24.3 Å². The molecule has 21 heavy (non-hydrogen) atoms. The van der Waals surface area contributed by atoms with Gasteiger partial charge in [0, 0.05) is 0 Å². The topological polar surface area (TPSA) is 81.4 Å². The minimum absolute atomic E-state index is 0. The van der Waals surface area contributed by atoms with Crippen LogP contribution in [0.3, 0.4) is 0 Å². The molecule has 1 amide bonds. The average Bonchev–Trinajstić information content (AvgIpc) is 2.35. The molecule has 0 aliphatic carbocycles. The van der Waals surface area contributed by atoms with Crippen molar-refractivity contribution in [2.24, 2.45) is 5.73 Å². The number of fused-ring (bicyclic) bond motifs is 1. The number of carbonyl (C=O) groups is 2. The van der Waals surface area contributed by atoms with E-state index in [1.807, 2.05) is 45.0 Å². The van der Waals surface area contributed by atoms with Crippen molar-refractivity contribution in [1.29, 1.82) is 0 Å². The third kappa shape index (κ3) is 4.19. The van der Waals surface area contributed by atoms with Gasteiger partial charge in [-0.05, 0) is 38.3 Å². The molecule has 0 aromatic heterocycles. The highest BCUT2D eigenvalue weighted by molar-refractivity contribution is 5.85. The third-order valence-corrected chi connectivity index (χ3v) is 3.13. The third-order valence-electron chi connectivity index (χ3n) is 3.13. The fourth-order valence-electron chi connectivity index (χ4n) is 2.33. The van der Waals surface area contributed by atoms with Gasteiger partial charge in [0.15, 0.2) is 0 Å². The Kier molecular flexibility index (Phi) is 5.36. The number of benzene rings is 1. The average molecular weight is 313 g/mol. The van der Waals surface area contributed by atoms with Crippen molar-refractivity contribution in [2.45, 2.75) is 44.9 Å². The molecule has 1 heterocycles. The lowest BCUT2D eigenvalue weighted by molar-refractivity contribution is -0.158. The molecule has 0 saturated heterocycles. The number of carbonyl (C=O) groups excluding carboxylic acids is 2. The maximum Gasteiger partial charge on any atom is 0.324 e. The number of hydrogen-bond donors (Lipinski definition) is 2. The summed E-state index contributed by atoms with van der Waals surface area (Å²) in [5, 5.41) is 2.98. The van der Waals surface area contributed by atoms with Gasteiger partial charge in [-0.15, -0.1) is 12.4 Å². The van der Waals surface area contributed by atoms with E-state index in [4.69, 9.17) is 10.5 Å². The Bertz CT molecular complexity index is 540. The number of ether oxygens (including phenoxy) is 1. The lowest BCUT2D eigenvalue weighted by Gasteiger charge is -2.32. The van der Waals surface area contributed by atoms with E-state index in [9.17, 15) is 9.59 Å². The lowest BCUT2D eigenvalue weighted by atomic mass is 9.90. The number of esters is 1. The SMILES string of the molecule is CC(C)(C)OC(=O)C1Cc2ccccc2C(C(N)=O)N1.Cl. The van der Waals surface area contributed by atoms with Crippen LogP contribution >= 0.6 is 12.4 Å². The Hall–Kier alpha value is -1.59. The predicted octanol–water partition coefficient (Wildman–Crippen LogP) is 1.49. The first-order chi connectivity index (χ1) is 9.28. The number of nitrogens with two attached hydrogens (primary N) is 1. The van der Waals surface area contributed by atoms with Crippen LogP contribution in [0.25, 0.3) is 0 Å². The second-order valence-electron chi connectivity index (χ2n) is 5.99. The summed E-state index contributed by atoms with van der Waals surface area (Å²) in [5.74, 6) is -0.857. The number of primary amides is 1. The molecule has 0 spiro atoms. The maximum absolute atomic E-state index is 12.2. The Morgan fingerprint density at radius 1 is 1.29 bits per heavy atom. The maximum atomic E-state index is 12.2. The molecular weight excluding hydrogens is 292 g/mol. The minimum Gasteiger partial charge on any atom is -0.459 e. The highest BCUT2D eigenvalue weighted by Crippen LogP contribution is 2.26. The first-order valence-corrected chi connectivity index (χ1v) is 6.64. The van der Waals surface area contributed by atoms with Gasteiger partial charge in [0.2, 0.25) is 5.91 Å². The van der Waals surface area contributed by atoms with Crippen molar-refractivity contribution < 1.29 is 14.3 Å². The fourth-order valence-corrected chi connectivity index (χ4v) is 2.33. The summed E-state index contributed by atoms with van der Waals surface area (Å²) in [7, 11) is 0. The molecule has 0 fully saturated rings. The van der Waals surface area contributed by atoms with Crippen LogP contribution in [0.2, 0.25) is 0 Å². The van der Waals surface area contributed by atoms with E-state index in [2.05, 4.69) is 5.32 Å². The molecule has 1 aromatic carbocycles. The molecule has 3 N–H and O–H groups in total. The van der Waals surface area contributed by atoms with E-state index in [1.165, 1.54) is 0 Å². The van der Waals surface area contributed by atoms with Crippen LogP contribution in [0.5, 0.6) is 0 Å². The van der Waals surface area contributed by atoms with Gasteiger partial charge >= 0.3 is 5.97 Å². The van der Waals surface area contributed by atoms with Crippen LogP contribution in [0.4, 0.5) is 0 Å². The smallest absolute Gasteiger partial charge is 0.324 e. The summed E-state index contributed by atoms with van der Waals surface area (Å²) in [6.07, 6.45) is 0.495. The molecule has 6 heteroatoms. The summed E-state index contributed by atoms with van der Waals surface area (Å²) >= 11 is 0. The molecule has 2 rings (SSSR count). The molecule has 2 atom stereocenters. The summed E-state index contributed by atoms with van der Waals surface area (Å²) < 4.78 is 5.37. The van der Waals surface area contributed by atoms with E-state index in [-0.39, 0.29) is 18.4 Å². The summed E-state index contributed by atoms with van der Waals surface area (Å²) in [5.41, 5.74) is 6.64. The zero-order valence-electron chi connectivity index (χ0n) is 12.4. The Balaban J connectivity index is 0.00000220. The summed E-state index contributed by atoms with van der Waals surface area (Å²) in [6, 6.07) is 6.28. The Morgan fingerprint density at radius 2 is 1.90 bits per heavy atom. The molecule has 0 saturated carbocycles. The first kappa shape index (κ1) is 17.5. The zero-order chi connectivity index (χ0) is 14.9. The molecule has 0 bridgehead atoms. The van der Waals surface area contributed by atoms with Crippen molar-refractivity contribution in [3.05, 3.63) is 35.4 Å². The molecule has 5 nitrogen and oxygen atoms in total. The van der Waals surface area contributed by atoms with Gasteiger partial charge in [-0.2, -0.15) is 0 Å². The molecule has 1 aliphatic rings. The van der Waals surface area contributed by atoms with Crippen molar-refractivity contribution in [3.63, 3.8) is 0 Å². The number of amides is 1. The molecule has 116 valence electrons. The van der Waals surface area contributed by atoms with Crippen LogP contribution in [0, 0.1) is 0 Å². The van der Waals surface area contributed by atoms with Crippen LogP contribution in [-0.4, -0.2) is 23.5 Å². The fraction of sp³-hybridized carbons (Fsp3) is 0.467. The molecule has 1 aromatic rings. The van der Waals surface area contributed by atoms with Crippen molar-refractivity contribution in [3.8, 4) is 0 Å². The van der Waals surface area contributed by atoms with E-state index in [0.717, 1.165) is 11.1 Å². The van der Waals surface area contributed by atoms with Crippen LogP contribution in [0.1, 0.15) is 37.9 Å². The quantitative estimate of drug-likeness (QED) is 0.811. The number of halogens is 1. The lowest BCUT2D eigenvalue weighted by Crippen LogP contribution is -2.50. The van der Waals surface area contributed by atoms with Crippen LogP contribution < -0.4 is 11.1 Å². The second kappa shape index (κ2) is 6.45. The highest BCUT2D eigenvalue weighted by atomic mass is 35.5. The number of nitrogens with one attached hydrogen (secondary N) is 1. The predicted molar refractivity (Wildman–Crippen MR) is 82.1 cm³/mol. The largest absolute Gasteiger partial charge is 0.459 e. The van der Waals surface area contributed by atoms with E-state index >= 15 is 0 Å². The minimum atomic E-state index is -0.655. The number of rotatable bonds is 2. The zero-order valence-corrected chi connectivity index (χ0v) is 13.2. The van der Waals surface area contributed by atoms with Crippen molar-refractivity contribution >= 4 is 24.3 Å². The van der Waals surface area contributed by atoms with Gasteiger partial charge < -0.3 is 10.5 Å². The van der Waals surface area contributed by atoms with Crippen molar-refractivity contribution in [2.75, 3.05) is 0 Å². The van der Waals surface area contributed by atoms with E-state index in [1.54, 1.807) is 0 Å². The van der Waals surface area contributed by atoms with Gasteiger partial charge in [-0.3, -0.25) is 14.9 Å². The van der Waals surface area contributed by atoms with Gasteiger partial charge in [0.05, 0.1) is 0 Å². The summed E-state index contributed by atoms with van der Waals surface area (Å²) in [6.45, 7) is 5.44. The molecule has 2 unspecified atom stereocenters. The van der Waals surface area contributed by atoms with E-state index in [0.29, 0.717) is 6.42 Å². The monoisotopic (exact) mass is 312 g/mol. The number of hydrogen-bond acceptors (Lipinski definition) is 4. The second-order valence-corrected chi connectivity index (χ2v) is 5.99.